The van der Waals surface area contributed by atoms with Crippen LogP contribution in [0.4, 0.5) is 5.82 Å². The van der Waals surface area contributed by atoms with Gasteiger partial charge >= 0.3 is 0 Å². The monoisotopic (exact) mass is 237 g/mol. The molecule has 0 radical (unpaired) electrons. The van der Waals surface area contributed by atoms with E-state index in [1.165, 1.54) is 6.33 Å². The zero-order valence-corrected chi connectivity index (χ0v) is 11.5. The van der Waals surface area contributed by atoms with Crippen LogP contribution in [0, 0.1) is 12.3 Å². The third-order valence-electron chi connectivity index (χ3n) is 2.47. The Hall–Kier alpha value is -1.32. The molecule has 1 rings (SSSR count). The third-order valence-corrected chi connectivity index (χ3v) is 2.47. The van der Waals surface area contributed by atoms with Gasteiger partial charge in [-0.1, -0.05) is 20.8 Å². The summed E-state index contributed by atoms with van der Waals surface area (Å²) in [6.45, 7) is 12.2. The Morgan fingerprint density at radius 2 is 2.00 bits per heavy atom. The van der Waals surface area contributed by atoms with Gasteiger partial charge < -0.3 is 10.1 Å². The third kappa shape index (κ3) is 4.59. The fourth-order valence-corrected chi connectivity index (χ4v) is 1.38. The van der Waals surface area contributed by atoms with Crippen molar-refractivity contribution in [2.24, 2.45) is 5.41 Å². The van der Waals surface area contributed by atoms with E-state index in [1.54, 1.807) is 0 Å². The van der Waals surface area contributed by atoms with Gasteiger partial charge in [0.05, 0.1) is 12.2 Å². The second-order valence-electron chi connectivity index (χ2n) is 5.34. The Balaban J connectivity index is 2.62. The second kappa shape index (κ2) is 5.84. The highest BCUT2D eigenvalue weighted by Gasteiger charge is 2.12. The predicted octanol–water partition coefficient (Wildman–Crippen LogP) is 3.03. The normalized spacial score (nSPS) is 11.4. The molecule has 1 aromatic rings. The zero-order valence-electron chi connectivity index (χ0n) is 11.5. The number of rotatable bonds is 5. The molecule has 0 atom stereocenters. The summed E-state index contributed by atoms with van der Waals surface area (Å²) in [7, 11) is 0. The molecule has 0 spiro atoms. The molecular formula is C13H23N3O. The Labute approximate surface area is 104 Å². The quantitative estimate of drug-likeness (QED) is 0.855. The van der Waals surface area contributed by atoms with E-state index < -0.39 is 0 Å². The summed E-state index contributed by atoms with van der Waals surface area (Å²) in [4.78, 5) is 8.35. The molecule has 0 amide bonds. The van der Waals surface area contributed by atoms with Crippen LogP contribution in [0.3, 0.4) is 0 Å². The van der Waals surface area contributed by atoms with Crippen molar-refractivity contribution in [3.05, 3.63) is 11.9 Å². The van der Waals surface area contributed by atoms with Crippen LogP contribution in [0.1, 0.15) is 39.7 Å². The minimum atomic E-state index is 0.283. The lowest BCUT2D eigenvalue weighted by molar-refractivity contribution is 0.235. The van der Waals surface area contributed by atoms with Gasteiger partial charge in [0.1, 0.15) is 12.1 Å². The Morgan fingerprint density at radius 3 is 2.59 bits per heavy atom. The van der Waals surface area contributed by atoms with E-state index in [9.17, 15) is 0 Å². The number of hydrogen-bond donors (Lipinski definition) is 1. The van der Waals surface area contributed by atoms with Crippen LogP contribution in [0.2, 0.25) is 0 Å². The number of nitrogens with zero attached hydrogens (tertiary/aromatic N) is 2. The van der Waals surface area contributed by atoms with Gasteiger partial charge in [0.2, 0.25) is 5.88 Å². The highest BCUT2D eigenvalue weighted by atomic mass is 16.5. The van der Waals surface area contributed by atoms with Gasteiger partial charge in [-0.05, 0) is 25.7 Å². The molecule has 0 aromatic carbocycles. The first kappa shape index (κ1) is 13.7. The van der Waals surface area contributed by atoms with Crippen molar-refractivity contribution < 1.29 is 4.74 Å². The summed E-state index contributed by atoms with van der Waals surface area (Å²) < 4.78 is 5.71. The Morgan fingerprint density at radius 1 is 1.29 bits per heavy atom. The number of aromatic nitrogens is 2. The van der Waals surface area contributed by atoms with E-state index in [1.807, 2.05) is 13.8 Å². The second-order valence-corrected chi connectivity index (χ2v) is 5.34. The average Bonchev–Trinajstić information content (AvgIpc) is 2.22. The van der Waals surface area contributed by atoms with Crippen LogP contribution in [-0.4, -0.2) is 23.1 Å². The molecule has 0 saturated heterocycles. The van der Waals surface area contributed by atoms with Gasteiger partial charge in [0, 0.05) is 6.54 Å². The van der Waals surface area contributed by atoms with E-state index in [4.69, 9.17) is 4.74 Å². The lowest BCUT2D eigenvalue weighted by atomic mass is 9.93. The average molecular weight is 237 g/mol. The summed E-state index contributed by atoms with van der Waals surface area (Å²) in [5.74, 6) is 1.54. The summed E-state index contributed by atoms with van der Waals surface area (Å²) in [5, 5.41) is 3.19. The molecule has 0 aliphatic heterocycles. The number of ether oxygens (including phenoxy) is 1. The molecule has 1 N–H and O–H groups in total. The highest BCUT2D eigenvalue weighted by Crippen LogP contribution is 2.22. The topological polar surface area (TPSA) is 47.0 Å². The molecule has 0 bridgehead atoms. The number of nitrogens with one attached hydrogen (secondary N) is 1. The zero-order chi connectivity index (χ0) is 12.9. The van der Waals surface area contributed by atoms with E-state index in [0.717, 1.165) is 24.3 Å². The largest absolute Gasteiger partial charge is 0.477 e. The van der Waals surface area contributed by atoms with Crippen molar-refractivity contribution in [3.8, 4) is 5.88 Å². The van der Waals surface area contributed by atoms with Gasteiger partial charge in [0.15, 0.2) is 0 Å². The van der Waals surface area contributed by atoms with E-state index in [0.29, 0.717) is 12.5 Å². The Bertz CT molecular complexity index is 358. The summed E-state index contributed by atoms with van der Waals surface area (Å²) in [6.07, 6.45) is 2.55. The maximum atomic E-state index is 5.71. The van der Waals surface area contributed by atoms with Gasteiger partial charge in [-0.2, -0.15) is 0 Å². The van der Waals surface area contributed by atoms with Crippen LogP contribution < -0.4 is 10.1 Å². The maximum absolute atomic E-state index is 5.71. The SMILES string of the molecule is CCNc1ncnc(OCCC(C)(C)C)c1C. The van der Waals surface area contributed by atoms with Gasteiger partial charge in [0.25, 0.3) is 0 Å². The van der Waals surface area contributed by atoms with Crippen LogP contribution in [0.15, 0.2) is 6.33 Å². The molecular weight excluding hydrogens is 214 g/mol. The van der Waals surface area contributed by atoms with Crippen molar-refractivity contribution in [2.75, 3.05) is 18.5 Å². The Kier molecular flexibility index (Phi) is 4.73. The minimum absolute atomic E-state index is 0.283. The number of hydrogen-bond acceptors (Lipinski definition) is 4. The van der Waals surface area contributed by atoms with Crippen LogP contribution >= 0.6 is 0 Å². The molecule has 1 heterocycles. The van der Waals surface area contributed by atoms with Crippen molar-refractivity contribution in [1.82, 2.24) is 9.97 Å². The molecule has 4 nitrogen and oxygen atoms in total. The molecule has 0 aliphatic rings. The van der Waals surface area contributed by atoms with Crippen LogP contribution in [0.25, 0.3) is 0 Å². The van der Waals surface area contributed by atoms with E-state index >= 15 is 0 Å². The van der Waals surface area contributed by atoms with Crippen molar-refractivity contribution in [2.45, 2.75) is 41.0 Å². The van der Waals surface area contributed by atoms with Crippen LogP contribution in [0.5, 0.6) is 5.88 Å². The maximum Gasteiger partial charge on any atom is 0.221 e. The molecule has 17 heavy (non-hydrogen) atoms. The van der Waals surface area contributed by atoms with Crippen molar-refractivity contribution in [3.63, 3.8) is 0 Å². The highest BCUT2D eigenvalue weighted by molar-refractivity contribution is 5.47. The molecule has 0 saturated carbocycles. The predicted molar refractivity (Wildman–Crippen MR) is 70.5 cm³/mol. The number of anilines is 1. The van der Waals surface area contributed by atoms with Crippen LogP contribution in [-0.2, 0) is 0 Å². The summed E-state index contributed by atoms with van der Waals surface area (Å²) in [5.41, 5.74) is 1.26. The standard InChI is InChI=1S/C13H23N3O/c1-6-14-11-10(2)12(16-9-15-11)17-8-7-13(3,4)5/h9H,6-8H2,1-5H3,(H,14,15,16). The first-order valence-electron chi connectivity index (χ1n) is 6.12. The molecule has 0 unspecified atom stereocenters. The van der Waals surface area contributed by atoms with Gasteiger partial charge in [-0.15, -0.1) is 0 Å². The summed E-state index contributed by atoms with van der Waals surface area (Å²) >= 11 is 0. The van der Waals surface area contributed by atoms with Crippen molar-refractivity contribution >= 4 is 5.82 Å². The van der Waals surface area contributed by atoms with Gasteiger partial charge in [-0.3, -0.25) is 0 Å². The summed E-state index contributed by atoms with van der Waals surface area (Å²) in [6, 6.07) is 0. The molecule has 1 aromatic heterocycles. The van der Waals surface area contributed by atoms with Gasteiger partial charge in [-0.25, -0.2) is 9.97 Å². The first-order chi connectivity index (χ1) is 7.94. The first-order valence-corrected chi connectivity index (χ1v) is 6.12. The fraction of sp³-hybridized carbons (Fsp3) is 0.692. The molecule has 0 aliphatic carbocycles. The van der Waals surface area contributed by atoms with Crippen molar-refractivity contribution in [1.29, 1.82) is 0 Å². The molecule has 0 fully saturated rings. The lowest BCUT2D eigenvalue weighted by Gasteiger charge is -2.18. The van der Waals surface area contributed by atoms with E-state index in [2.05, 4.69) is 36.1 Å². The lowest BCUT2D eigenvalue weighted by Crippen LogP contribution is -2.12. The smallest absolute Gasteiger partial charge is 0.221 e. The van der Waals surface area contributed by atoms with E-state index in [-0.39, 0.29) is 5.41 Å². The molecule has 4 heteroatoms. The fourth-order valence-electron chi connectivity index (χ4n) is 1.38. The molecule has 96 valence electrons. The minimum Gasteiger partial charge on any atom is -0.477 e.